The summed E-state index contributed by atoms with van der Waals surface area (Å²) in [6.45, 7) is 8.06. The van der Waals surface area contributed by atoms with Crippen molar-refractivity contribution in [3.05, 3.63) is 11.6 Å². The number of rotatable bonds is 8. The molecule has 0 bridgehead atoms. The summed E-state index contributed by atoms with van der Waals surface area (Å²) in [4.78, 5) is 29.0. The van der Waals surface area contributed by atoms with Crippen molar-refractivity contribution in [2.75, 3.05) is 0 Å². The van der Waals surface area contributed by atoms with Gasteiger partial charge in [-0.3, -0.25) is 4.79 Å². The van der Waals surface area contributed by atoms with Crippen LogP contribution in [0.1, 0.15) is 72.6 Å². The molecule has 4 heteroatoms. The summed E-state index contributed by atoms with van der Waals surface area (Å²) in [6.07, 6.45) is 11.2. The van der Waals surface area contributed by atoms with Crippen LogP contribution >= 0.6 is 0 Å². The van der Waals surface area contributed by atoms with E-state index in [1.54, 1.807) is 0 Å². The van der Waals surface area contributed by atoms with E-state index in [1.807, 2.05) is 26.8 Å². The predicted octanol–water partition coefficient (Wildman–Crippen LogP) is 3.47. The number of hydrogen-bond acceptors (Lipinski definition) is 3. The van der Waals surface area contributed by atoms with E-state index in [9.17, 15) is 14.4 Å². The zero-order chi connectivity index (χ0) is 15.4. The molecule has 0 aliphatic rings. The number of carbonyl (C=O) groups is 3. The average molecular weight is 288 g/mol. The first kappa shape index (κ1) is 27.1. The third-order valence-electron chi connectivity index (χ3n) is 2.07. The molecule has 0 amide bonds. The van der Waals surface area contributed by atoms with Crippen LogP contribution in [-0.4, -0.2) is 24.3 Å². The Morgan fingerprint density at radius 1 is 0.750 bits per heavy atom. The Morgan fingerprint density at radius 3 is 1.30 bits per heavy atom. The lowest BCUT2D eigenvalue weighted by Crippen LogP contribution is -1.80. The third kappa shape index (κ3) is 36.0. The molecular weight excluding hydrogens is 256 g/mol. The number of carbonyl (C=O) groups excluding carboxylic acids is 3. The van der Waals surface area contributed by atoms with E-state index < -0.39 is 0 Å². The van der Waals surface area contributed by atoms with Crippen molar-refractivity contribution >= 4 is 18.9 Å². The van der Waals surface area contributed by atoms with Gasteiger partial charge in [-0.1, -0.05) is 40.2 Å². The Morgan fingerprint density at radius 2 is 1.15 bits per heavy atom. The van der Waals surface area contributed by atoms with Crippen LogP contribution in [0.4, 0.5) is 0 Å². The van der Waals surface area contributed by atoms with Crippen molar-refractivity contribution in [1.82, 2.24) is 0 Å². The SMILES string of the molecule is CCC/C=C(/C=O)CC.CCCC=O.CCCC=O.O. The van der Waals surface area contributed by atoms with Crippen molar-refractivity contribution in [2.45, 2.75) is 72.6 Å². The molecule has 0 aliphatic carbocycles. The van der Waals surface area contributed by atoms with E-state index in [4.69, 9.17) is 0 Å². The third-order valence-corrected chi connectivity index (χ3v) is 2.07. The zero-order valence-electron chi connectivity index (χ0n) is 13.5. The van der Waals surface area contributed by atoms with Gasteiger partial charge in [-0.2, -0.15) is 0 Å². The maximum atomic E-state index is 10.2. The molecule has 0 aromatic rings. The number of hydrogen-bond donors (Lipinski definition) is 0. The largest absolute Gasteiger partial charge is 0.412 e. The van der Waals surface area contributed by atoms with Crippen LogP contribution < -0.4 is 0 Å². The Balaban J connectivity index is -0.000000101. The summed E-state index contributed by atoms with van der Waals surface area (Å²) in [6, 6.07) is 0. The van der Waals surface area contributed by atoms with Gasteiger partial charge < -0.3 is 15.1 Å². The monoisotopic (exact) mass is 288 g/mol. The zero-order valence-corrected chi connectivity index (χ0v) is 13.5. The molecule has 0 spiro atoms. The van der Waals surface area contributed by atoms with E-state index in [0.29, 0.717) is 12.8 Å². The fourth-order valence-corrected chi connectivity index (χ4v) is 0.841. The Labute approximate surface area is 124 Å². The standard InChI is InChI=1S/C8H14O.2C4H8O.H2O/c1-3-5-6-8(4-2)7-9;2*1-2-3-4-5;/h6-7H,3-5H2,1-2H3;2*4H,2-3H2,1H3;1H2/b8-6+;;;. The van der Waals surface area contributed by atoms with Crippen LogP contribution in [-0.2, 0) is 14.4 Å². The molecule has 2 N–H and O–H groups in total. The second-order valence-corrected chi connectivity index (χ2v) is 3.95. The van der Waals surface area contributed by atoms with Crippen molar-refractivity contribution in [3.8, 4) is 0 Å². The molecule has 0 heterocycles. The number of allylic oxidation sites excluding steroid dienone is 2. The minimum atomic E-state index is 0. The minimum Gasteiger partial charge on any atom is -0.412 e. The quantitative estimate of drug-likeness (QED) is 0.506. The van der Waals surface area contributed by atoms with Gasteiger partial charge in [0.05, 0.1) is 0 Å². The summed E-state index contributed by atoms with van der Waals surface area (Å²) in [5, 5.41) is 0. The molecule has 20 heavy (non-hydrogen) atoms. The molecule has 0 radical (unpaired) electrons. The molecule has 0 saturated heterocycles. The lowest BCUT2D eigenvalue weighted by atomic mass is 10.2. The van der Waals surface area contributed by atoms with E-state index in [-0.39, 0.29) is 5.48 Å². The number of unbranched alkanes of at least 4 members (excludes halogenated alkanes) is 3. The molecule has 0 aromatic heterocycles. The van der Waals surface area contributed by atoms with Gasteiger partial charge in [-0.25, -0.2) is 0 Å². The Kier molecular flexibility index (Phi) is 41.5. The average Bonchev–Trinajstić information content (AvgIpc) is 2.43. The van der Waals surface area contributed by atoms with Crippen molar-refractivity contribution < 1.29 is 19.9 Å². The lowest BCUT2D eigenvalue weighted by Gasteiger charge is -1.90. The van der Waals surface area contributed by atoms with Crippen LogP contribution in [0.5, 0.6) is 0 Å². The second-order valence-electron chi connectivity index (χ2n) is 3.95. The van der Waals surface area contributed by atoms with Crippen LogP contribution in [0.2, 0.25) is 0 Å². The summed E-state index contributed by atoms with van der Waals surface area (Å²) < 4.78 is 0. The van der Waals surface area contributed by atoms with Crippen LogP contribution in [0, 0.1) is 0 Å². The summed E-state index contributed by atoms with van der Waals surface area (Å²) in [5.41, 5.74) is 0.928. The summed E-state index contributed by atoms with van der Waals surface area (Å²) in [7, 11) is 0. The Hall–Kier alpha value is -1.29. The Bertz CT molecular complexity index is 213. The van der Waals surface area contributed by atoms with Gasteiger partial charge in [0.2, 0.25) is 0 Å². The van der Waals surface area contributed by atoms with Crippen molar-refractivity contribution in [3.63, 3.8) is 0 Å². The molecule has 0 aromatic carbocycles. The minimum absolute atomic E-state index is 0. The topological polar surface area (TPSA) is 82.7 Å². The normalized spacial score (nSPS) is 8.90. The molecule has 0 rings (SSSR count). The highest BCUT2D eigenvalue weighted by Gasteiger charge is 1.86. The van der Waals surface area contributed by atoms with Gasteiger partial charge in [0, 0.05) is 12.8 Å². The number of aldehydes is 3. The highest BCUT2D eigenvalue weighted by atomic mass is 16.1. The maximum Gasteiger partial charge on any atom is 0.145 e. The fourth-order valence-electron chi connectivity index (χ4n) is 0.841. The fraction of sp³-hybridized carbons (Fsp3) is 0.688. The van der Waals surface area contributed by atoms with Crippen molar-refractivity contribution in [1.29, 1.82) is 0 Å². The van der Waals surface area contributed by atoms with Gasteiger partial charge in [0.1, 0.15) is 18.9 Å². The van der Waals surface area contributed by atoms with Crippen LogP contribution in [0.15, 0.2) is 11.6 Å². The van der Waals surface area contributed by atoms with E-state index in [0.717, 1.165) is 56.5 Å². The summed E-state index contributed by atoms with van der Waals surface area (Å²) >= 11 is 0. The van der Waals surface area contributed by atoms with Crippen molar-refractivity contribution in [2.24, 2.45) is 0 Å². The van der Waals surface area contributed by atoms with Gasteiger partial charge in [0.15, 0.2) is 0 Å². The van der Waals surface area contributed by atoms with Crippen LogP contribution in [0.25, 0.3) is 0 Å². The summed E-state index contributed by atoms with van der Waals surface area (Å²) in [5.74, 6) is 0. The molecular formula is C16H32O4. The van der Waals surface area contributed by atoms with Gasteiger partial charge in [-0.15, -0.1) is 0 Å². The molecule has 0 fully saturated rings. The van der Waals surface area contributed by atoms with Crippen LogP contribution in [0.3, 0.4) is 0 Å². The highest BCUT2D eigenvalue weighted by molar-refractivity contribution is 5.72. The first-order chi connectivity index (χ1) is 9.17. The highest BCUT2D eigenvalue weighted by Crippen LogP contribution is 1.99. The van der Waals surface area contributed by atoms with E-state index in [1.165, 1.54) is 0 Å². The predicted molar refractivity (Wildman–Crippen MR) is 84.9 cm³/mol. The van der Waals surface area contributed by atoms with Gasteiger partial charge >= 0.3 is 0 Å². The van der Waals surface area contributed by atoms with E-state index in [2.05, 4.69) is 6.92 Å². The molecule has 120 valence electrons. The molecule has 0 atom stereocenters. The molecule has 0 saturated carbocycles. The maximum absolute atomic E-state index is 10.2. The molecule has 0 aliphatic heterocycles. The van der Waals surface area contributed by atoms with E-state index >= 15 is 0 Å². The molecule has 4 nitrogen and oxygen atoms in total. The second kappa shape index (κ2) is 30.6. The van der Waals surface area contributed by atoms with Gasteiger partial charge in [0.25, 0.3) is 0 Å². The first-order valence-electron chi connectivity index (χ1n) is 7.19. The van der Waals surface area contributed by atoms with Gasteiger partial charge in [-0.05, 0) is 31.3 Å². The molecule has 0 unspecified atom stereocenters. The lowest BCUT2D eigenvalue weighted by molar-refractivity contribution is -0.108. The first-order valence-corrected chi connectivity index (χ1v) is 7.19. The smallest absolute Gasteiger partial charge is 0.145 e.